The summed E-state index contributed by atoms with van der Waals surface area (Å²) in [5, 5.41) is 6.73. The van der Waals surface area contributed by atoms with E-state index in [2.05, 4.69) is 26.1 Å². The van der Waals surface area contributed by atoms with Crippen LogP contribution in [0.3, 0.4) is 0 Å². The van der Waals surface area contributed by atoms with E-state index in [0.717, 1.165) is 5.56 Å². The predicted octanol–water partition coefficient (Wildman–Crippen LogP) is 1.81. The first-order valence-electron chi connectivity index (χ1n) is 6.15. The SMILES string of the molecule is O=C(c1ccc(=O)[nH]n1)N(CCBr)Cc1ccccc1. The summed E-state index contributed by atoms with van der Waals surface area (Å²) < 4.78 is 0. The number of aromatic amines is 1. The normalized spacial score (nSPS) is 10.2. The van der Waals surface area contributed by atoms with Gasteiger partial charge < -0.3 is 4.90 Å². The predicted molar refractivity (Wildman–Crippen MR) is 79.8 cm³/mol. The van der Waals surface area contributed by atoms with Crippen molar-refractivity contribution in [2.75, 3.05) is 11.9 Å². The van der Waals surface area contributed by atoms with Crippen molar-refractivity contribution >= 4 is 21.8 Å². The zero-order valence-electron chi connectivity index (χ0n) is 10.8. The van der Waals surface area contributed by atoms with Crippen LogP contribution >= 0.6 is 15.9 Å². The standard InChI is InChI=1S/C14H14BrN3O2/c15-8-9-18(10-11-4-2-1-3-5-11)14(20)12-6-7-13(19)17-16-12/h1-7H,8-10H2,(H,17,19). The van der Waals surface area contributed by atoms with Crippen LogP contribution < -0.4 is 5.56 Å². The fourth-order valence-electron chi connectivity index (χ4n) is 1.78. The molecule has 2 rings (SSSR count). The number of carbonyl (C=O) groups excluding carboxylic acids is 1. The van der Waals surface area contributed by atoms with Crippen LogP contribution in [0.1, 0.15) is 16.1 Å². The number of hydrogen-bond acceptors (Lipinski definition) is 3. The van der Waals surface area contributed by atoms with Gasteiger partial charge in [0.1, 0.15) is 5.69 Å². The highest BCUT2D eigenvalue weighted by Crippen LogP contribution is 2.08. The average Bonchev–Trinajstić information content (AvgIpc) is 2.48. The molecule has 5 nitrogen and oxygen atoms in total. The molecule has 0 saturated heterocycles. The van der Waals surface area contributed by atoms with Gasteiger partial charge >= 0.3 is 0 Å². The highest BCUT2D eigenvalue weighted by Gasteiger charge is 2.17. The molecule has 0 saturated carbocycles. The van der Waals surface area contributed by atoms with Gasteiger partial charge in [-0.25, -0.2) is 5.10 Å². The average molecular weight is 336 g/mol. The van der Waals surface area contributed by atoms with E-state index in [0.29, 0.717) is 18.4 Å². The first-order valence-corrected chi connectivity index (χ1v) is 7.28. The van der Waals surface area contributed by atoms with Crippen molar-refractivity contribution in [2.45, 2.75) is 6.54 Å². The van der Waals surface area contributed by atoms with Crippen LogP contribution in [0.15, 0.2) is 47.3 Å². The highest BCUT2D eigenvalue weighted by molar-refractivity contribution is 9.09. The summed E-state index contributed by atoms with van der Waals surface area (Å²) in [6, 6.07) is 12.5. The minimum atomic E-state index is -0.323. The van der Waals surface area contributed by atoms with Crippen molar-refractivity contribution < 1.29 is 4.79 Å². The molecule has 0 aliphatic carbocycles. The second-order valence-electron chi connectivity index (χ2n) is 4.21. The van der Waals surface area contributed by atoms with E-state index < -0.39 is 0 Å². The van der Waals surface area contributed by atoms with Crippen LogP contribution in [0.5, 0.6) is 0 Å². The monoisotopic (exact) mass is 335 g/mol. The van der Waals surface area contributed by atoms with Crippen LogP contribution in [0, 0.1) is 0 Å². The summed E-state index contributed by atoms with van der Waals surface area (Å²) in [6.45, 7) is 1.07. The van der Waals surface area contributed by atoms with Gasteiger partial charge in [0.25, 0.3) is 11.5 Å². The van der Waals surface area contributed by atoms with Gasteiger partial charge in [0.2, 0.25) is 0 Å². The quantitative estimate of drug-likeness (QED) is 0.847. The summed E-state index contributed by atoms with van der Waals surface area (Å²) in [7, 11) is 0. The summed E-state index contributed by atoms with van der Waals surface area (Å²) in [4.78, 5) is 25.0. The van der Waals surface area contributed by atoms with E-state index in [9.17, 15) is 9.59 Å². The van der Waals surface area contributed by atoms with E-state index in [-0.39, 0.29) is 17.2 Å². The molecule has 0 unspecified atom stereocenters. The van der Waals surface area contributed by atoms with E-state index in [1.807, 2.05) is 30.3 Å². The molecule has 1 heterocycles. The summed E-state index contributed by atoms with van der Waals surface area (Å²) >= 11 is 3.34. The summed E-state index contributed by atoms with van der Waals surface area (Å²) in [6.07, 6.45) is 0. The third kappa shape index (κ3) is 3.77. The Hall–Kier alpha value is -1.95. The lowest BCUT2D eigenvalue weighted by Gasteiger charge is -2.21. The Kier molecular flexibility index (Phi) is 5.06. The lowest BCUT2D eigenvalue weighted by molar-refractivity contribution is 0.0747. The minimum absolute atomic E-state index is 0.204. The Bertz CT molecular complexity index is 607. The molecule has 104 valence electrons. The molecule has 1 amide bonds. The fourth-order valence-corrected chi connectivity index (χ4v) is 2.21. The number of nitrogens with one attached hydrogen (secondary N) is 1. The Morgan fingerprint density at radius 3 is 2.55 bits per heavy atom. The zero-order valence-corrected chi connectivity index (χ0v) is 12.3. The second kappa shape index (κ2) is 7.00. The number of carbonyl (C=O) groups is 1. The number of hydrogen-bond donors (Lipinski definition) is 1. The van der Waals surface area contributed by atoms with E-state index in [1.165, 1.54) is 12.1 Å². The molecule has 0 aliphatic heterocycles. The van der Waals surface area contributed by atoms with E-state index >= 15 is 0 Å². The number of aromatic nitrogens is 2. The van der Waals surface area contributed by atoms with Crippen LogP contribution in [-0.2, 0) is 6.54 Å². The molecule has 0 atom stereocenters. The Morgan fingerprint density at radius 2 is 1.95 bits per heavy atom. The molecule has 2 aromatic rings. The smallest absolute Gasteiger partial charge is 0.274 e. The number of rotatable bonds is 5. The topological polar surface area (TPSA) is 66.1 Å². The number of halogens is 1. The van der Waals surface area contributed by atoms with E-state index in [1.54, 1.807) is 4.90 Å². The van der Waals surface area contributed by atoms with Crippen molar-refractivity contribution in [3.63, 3.8) is 0 Å². The number of alkyl halides is 1. The van der Waals surface area contributed by atoms with Gasteiger partial charge in [0.15, 0.2) is 0 Å². The molecule has 0 spiro atoms. The number of nitrogens with zero attached hydrogens (tertiary/aromatic N) is 2. The van der Waals surface area contributed by atoms with Crippen molar-refractivity contribution in [1.82, 2.24) is 15.1 Å². The molecule has 1 aromatic carbocycles. The lowest BCUT2D eigenvalue weighted by Crippen LogP contribution is -2.33. The van der Waals surface area contributed by atoms with Crippen molar-refractivity contribution in [2.24, 2.45) is 0 Å². The summed E-state index contributed by atoms with van der Waals surface area (Å²) in [5.74, 6) is -0.204. The number of benzene rings is 1. The molecule has 20 heavy (non-hydrogen) atoms. The molecule has 0 aliphatic rings. The van der Waals surface area contributed by atoms with Gasteiger partial charge in [0.05, 0.1) is 0 Å². The van der Waals surface area contributed by atoms with Gasteiger partial charge in [-0.15, -0.1) is 0 Å². The molecule has 1 aromatic heterocycles. The van der Waals surface area contributed by atoms with Crippen LogP contribution in [0.25, 0.3) is 0 Å². The molecule has 0 radical (unpaired) electrons. The first-order chi connectivity index (χ1) is 9.70. The highest BCUT2D eigenvalue weighted by atomic mass is 79.9. The maximum absolute atomic E-state index is 12.4. The van der Waals surface area contributed by atoms with Gasteiger partial charge in [-0.05, 0) is 11.6 Å². The molecular formula is C14H14BrN3O2. The van der Waals surface area contributed by atoms with Crippen molar-refractivity contribution in [1.29, 1.82) is 0 Å². The maximum Gasteiger partial charge on any atom is 0.274 e. The van der Waals surface area contributed by atoms with Crippen molar-refractivity contribution in [3.8, 4) is 0 Å². The van der Waals surface area contributed by atoms with Crippen LogP contribution in [0.4, 0.5) is 0 Å². The molecule has 0 fully saturated rings. The molecule has 0 bridgehead atoms. The second-order valence-corrected chi connectivity index (χ2v) is 5.00. The number of amides is 1. The summed E-state index contributed by atoms with van der Waals surface area (Å²) in [5.41, 5.74) is 0.962. The maximum atomic E-state index is 12.4. The number of H-pyrrole nitrogens is 1. The van der Waals surface area contributed by atoms with Crippen LogP contribution in [-0.4, -0.2) is 32.9 Å². The molecule has 1 N–H and O–H groups in total. The lowest BCUT2D eigenvalue weighted by atomic mass is 10.2. The zero-order chi connectivity index (χ0) is 14.4. The third-order valence-corrected chi connectivity index (χ3v) is 3.11. The molecular weight excluding hydrogens is 322 g/mol. The first kappa shape index (κ1) is 14.5. The Labute approximate surface area is 124 Å². The van der Waals surface area contributed by atoms with Gasteiger partial charge in [-0.2, -0.15) is 5.10 Å². The Balaban J connectivity index is 2.17. The van der Waals surface area contributed by atoms with Crippen LogP contribution in [0.2, 0.25) is 0 Å². The largest absolute Gasteiger partial charge is 0.332 e. The van der Waals surface area contributed by atoms with Crippen molar-refractivity contribution in [3.05, 3.63) is 64.1 Å². The van der Waals surface area contributed by atoms with E-state index in [4.69, 9.17) is 0 Å². The Morgan fingerprint density at radius 1 is 1.20 bits per heavy atom. The fraction of sp³-hybridized carbons (Fsp3) is 0.214. The van der Waals surface area contributed by atoms with Gasteiger partial charge in [-0.1, -0.05) is 46.3 Å². The molecule has 6 heteroatoms. The van der Waals surface area contributed by atoms with Gasteiger partial charge in [-0.3, -0.25) is 9.59 Å². The van der Waals surface area contributed by atoms with Gasteiger partial charge in [0, 0.05) is 24.5 Å². The third-order valence-electron chi connectivity index (χ3n) is 2.76. The minimum Gasteiger partial charge on any atom is -0.332 e.